The SMILES string of the molecule is CCCC(C)(C)[Si](C)(C)OC[C@@H]1C=C[C@H](n2cnc3c(=O)[nH]c(NC(C)=O)nc32)C1. The summed E-state index contributed by atoms with van der Waals surface area (Å²) in [7, 11) is -1.83. The van der Waals surface area contributed by atoms with E-state index in [1.807, 2.05) is 4.57 Å². The molecule has 0 fully saturated rings. The highest BCUT2D eigenvalue weighted by Gasteiger charge is 2.40. The number of H-pyrrole nitrogens is 1. The van der Waals surface area contributed by atoms with E-state index in [4.69, 9.17) is 4.43 Å². The van der Waals surface area contributed by atoms with E-state index in [0.29, 0.717) is 18.2 Å². The second-order valence-electron chi connectivity index (χ2n) is 9.32. The number of nitrogens with zero attached hydrogens (tertiary/aromatic N) is 3. The Bertz CT molecular complexity index is 1010. The molecule has 0 bridgehead atoms. The van der Waals surface area contributed by atoms with Gasteiger partial charge in [0.15, 0.2) is 19.5 Å². The lowest BCUT2D eigenvalue weighted by Crippen LogP contribution is -2.43. The number of aromatic amines is 1. The van der Waals surface area contributed by atoms with E-state index in [2.05, 4.69) is 66.3 Å². The minimum absolute atomic E-state index is 0.0523. The van der Waals surface area contributed by atoms with E-state index in [0.717, 1.165) is 6.42 Å². The van der Waals surface area contributed by atoms with Crippen LogP contribution in [0.15, 0.2) is 23.3 Å². The first kappa shape index (κ1) is 22.4. The molecule has 2 aromatic heterocycles. The Morgan fingerprint density at radius 2 is 2.13 bits per heavy atom. The van der Waals surface area contributed by atoms with Crippen molar-refractivity contribution in [1.82, 2.24) is 19.5 Å². The van der Waals surface area contributed by atoms with Crippen LogP contribution in [-0.2, 0) is 9.22 Å². The number of allylic oxidation sites excluding steroid dienone is 1. The van der Waals surface area contributed by atoms with Crippen LogP contribution in [0.3, 0.4) is 0 Å². The average Bonchev–Trinajstić information content (AvgIpc) is 3.26. The van der Waals surface area contributed by atoms with Crippen LogP contribution in [0.2, 0.25) is 18.1 Å². The van der Waals surface area contributed by atoms with Crippen molar-refractivity contribution >= 4 is 31.3 Å². The Balaban J connectivity index is 1.72. The molecule has 2 aromatic rings. The summed E-state index contributed by atoms with van der Waals surface area (Å²) < 4.78 is 8.41. The molecule has 2 heterocycles. The number of hydrogen-bond donors (Lipinski definition) is 2. The third-order valence-electron chi connectivity index (χ3n) is 6.40. The van der Waals surface area contributed by atoms with E-state index in [1.54, 1.807) is 6.33 Å². The average molecular weight is 432 g/mol. The molecule has 0 saturated heterocycles. The van der Waals surface area contributed by atoms with Gasteiger partial charge in [0, 0.05) is 19.4 Å². The molecule has 3 rings (SSSR count). The standard InChI is InChI=1S/C21H33N5O3Si/c1-7-10-21(3,4)30(5,6)29-12-15-8-9-16(11-15)26-13-22-17-18(26)24-20(23-14(2)27)25-19(17)28/h8-9,13,15-16H,7,10-12H2,1-6H3,(H2,23,24,25,27,28)/t15-,16+/m1/s1. The van der Waals surface area contributed by atoms with Crippen molar-refractivity contribution in [1.29, 1.82) is 0 Å². The van der Waals surface area contributed by atoms with Gasteiger partial charge in [-0.1, -0.05) is 39.3 Å². The van der Waals surface area contributed by atoms with Crippen LogP contribution in [0.5, 0.6) is 0 Å². The van der Waals surface area contributed by atoms with Crippen LogP contribution in [0.25, 0.3) is 11.2 Å². The predicted molar refractivity (Wildman–Crippen MR) is 121 cm³/mol. The van der Waals surface area contributed by atoms with Crippen LogP contribution < -0.4 is 10.9 Å². The lowest BCUT2D eigenvalue weighted by Gasteiger charge is -2.40. The molecule has 8 nitrogen and oxygen atoms in total. The van der Waals surface area contributed by atoms with Gasteiger partial charge in [0.2, 0.25) is 11.9 Å². The molecule has 0 spiro atoms. The summed E-state index contributed by atoms with van der Waals surface area (Å²) in [5.74, 6) is 0.155. The van der Waals surface area contributed by atoms with E-state index in [1.165, 1.54) is 19.8 Å². The number of fused-ring (bicyclic) bond motifs is 1. The molecule has 1 aliphatic rings. The molecule has 2 N–H and O–H groups in total. The number of anilines is 1. The van der Waals surface area contributed by atoms with E-state index in [9.17, 15) is 9.59 Å². The highest BCUT2D eigenvalue weighted by atomic mass is 28.4. The number of imidazole rings is 1. The van der Waals surface area contributed by atoms with Crippen molar-refractivity contribution in [3.05, 3.63) is 28.8 Å². The summed E-state index contributed by atoms with van der Waals surface area (Å²) in [6, 6.07) is 0.0523. The molecule has 0 aliphatic heterocycles. The molecule has 9 heteroatoms. The van der Waals surface area contributed by atoms with E-state index in [-0.39, 0.29) is 34.0 Å². The van der Waals surface area contributed by atoms with Crippen LogP contribution in [0.1, 0.15) is 53.0 Å². The minimum Gasteiger partial charge on any atom is -0.416 e. The molecule has 30 heavy (non-hydrogen) atoms. The smallest absolute Gasteiger partial charge is 0.280 e. The van der Waals surface area contributed by atoms with Crippen molar-refractivity contribution < 1.29 is 9.22 Å². The van der Waals surface area contributed by atoms with E-state index >= 15 is 0 Å². The second kappa shape index (κ2) is 8.47. The van der Waals surface area contributed by atoms with Crippen LogP contribution in [0.4, 0.5) is 5.95 Å². The first-order valence-electron chi connectivity index (χ1n) is 10.6. The molecule has 0 aromatic carbocycles. The van der Waals surface area contributed by atoms with Crippen LogP contribution in [-0.4, -0.2) is 40.4 Å². The van der Waals surface area contributed by atoms with Crippen molar-refractivity contribution in [3.8, 4) is 0 Å². The summed E-state index contributed by atoms with van der Waals surface area (Å²) >= 11 is 0. The monoisotopic (exact) mass is 431 g/mol. The van der Waals surface area contributed by atoms with Crippen molar-refractivity contribution in [2.45, 2.75) is 71.1 Å². The lowest BCUT2D eigenvalue weighted by molar-refractivity contribution is -0.114. The molecule has 0 saturated carbocycles. The number of hydrogen-bond acceptors (Lipinski definition) is 5. The zero-order valence-electron chi connectivity index (χ0n) is 18.8. The van der Waals surface area contributed by atoms with Crippen LogP contribution in [0, 0.1) is 5.92 Å². The zero-order chi connectivity index (χ0) is 22.1. The Kier molecular flexibility index (Phi) is 6.33. The maximum atomic E-state index is 12.3. The van der Waals surface area contributed by atoms with E-state index < -0.39 is 8.32 Å². The van der Waals surface area contributed by atoms with Crippen LogP contribution >= 0.6 is 0 Å². The molecule has 164 valence electrons. The van der Waals surface area contributed by atoms with Gasteiger partial charge in [-0.05, 0) is 31.0 Å². The fourth-order valence-electron chi connectivity index (χ4n) is 3.91. The highest BCUT2D eigenvalue weighted by molar-refractivity contribution is 6.74. The summed E-state index contributed by atoms with van der Waals surface area (Å²) in [4.78, 5) is 34.8. The number of amides is 1. The number of rotatable bonds is 8. The molecule has 0 unspecified atom stereocenters. The van der Waals surface area contributed by atoms with Crippen molar-refractivity contribution in [3.63, 3.8) is 0 Å². The molecular formula is C21H33N5O3Si. The molecule has 0 radical (unpaired) electrons. The fraction of sp³-hybridized carbons (Fsp3) is 0.619. The number of carbonyl (C=O) groups excluding carboxylic acids is 1. The largest absolute Gasteiger partial charge is 0.416 e. The summed E-state index contributed by atoms with van der Waals surface area (Å²) in [6.45, 7) is 13.6. The quantitative estimate of drug-likeness (QED) is 0.486. The van der Waals surface area contributed by atoms with Gasteiger partial charge >= 0.3 is 0 Å². The van der Waals surface area contributed by atoms with Gasteiger partial charge in [0.1, 0.15) is 0 Å². The number of nitrogens with one attached hydrogen (secondary N) is 2. The summed E-state index contributed by atoms with van der Waals surface area (Å²) in [5, 5.41) is 2.77. The Labute approximate surface area is 178 Å². The fourth-order valence-corrected chi connectivity index (χ4v) is 5.79. The lowest BCUT2D eigenvalue weighted by atomic mass is 10.1. The summed E-state index contributed by atoms with van der Waals surface area (Å²) in [6.07, 6.45) is 9.17. The third kappa shape index (κ3) is 4.56. The van der Waals surface area contributed by atoms with Gasteiger partial charge < -0.3 is 8.99 Å². The second-order valence-corrected chi connectivity index (χ2v) is 14.0. The maximum Gasteiger partial charge on any atom is 0.280 e. The van der Waals surface area contributed by atoms with Gasteiger partial charge in [0.25, 0.3) is 5.56 Å². The Morgan fingerprint density at radius 3 is 2.80 bits per heavy atom. The zero-order valence-corrected chi connectivity index (χ0v) is 19.8. The van der Waals surface area contributed by atoms with Gasteiger partial charge in [-0.25, -0.2) is 4.98 Å². The molecular weight excluding hydrogens is 398 g/mol. The number of aromatic nitrogens is 4. The molecule has 1 aliphatic carbocycles. The maximum absolute atomic E-state index is 12.3. The van der Waals surface area contributed by atoms with Gasteiger partial charge in [-0.15, -0.1) is 0 Å². The summed E-state index contributed by atoms with van der Waals surface area (Å²) in [5.41, 5.74) is 0.375. The number of carbonyl (C=O) groups is 1. The minimum atomic E-state index is -1.83. The molecule has 2 atom stereocenters. The van der Waals surface area contributed by atoms with Crippen molar-refractivity contribution in [2.24, 2.45) is 5.92 Å². The first-order chi connectivity index (χ1) is 14.0. The highest BCUT2D eigenvalue weighted by Crippen LogP contribution is 2.42. The Morgan fingerprint density at radius 1 is 1.40 bits per heavy atom. The first-order valence-corrected chi connectivity index (χ1v) is 13.5. The topological polar surface area (TPSA) is 102 Å². The predicted octanol–water partition coefficient (Wildman–Crippen LogP) is 4.00. The normalized spacial score (nSPS) is 19.5. The van der Waals surface area contributed by atoms with Gasteiger partial charge in [-0.2, -0.15) is 4.98 Å². The van der Waals surface area contributed by atoms with Gasteiger partial charge in [-0.3, -0.25) is 19.9 Å². The van der Waals surface area contributed by atoms with Crippen molar-refractivity contribution in [2.75, 3.05) is 11.9 Å². The Hall–Kier alpha value is -2.26. The van der Waals surface area contributed by atoms with Gasteiger partial charge in [0.05, 0.1) is 12.4 Å². The third-order valence-corrected chi connectivity index (χ3v) is 10.8. The molecule has 1 amide bonds.